The second kappa shape index (κ2) is 8.39. The molecule has 0 amide bonds. The lowest BCUT2D eigenvalue weighted by Gasteiger charge is -2.31. The lowest BCUT2D eigenvalue weighted by Crippen LogP contribution is -2.30. The summed E-state index contributed by atoms with van der Waals surface area (Å²) in [6, 6.07) is 7.35. The van der Waals surface area contributed by atoms with E-state index in [1.807, 2.05) is 31.2 Å². The number of ether oxygens (including phenoxy) is 1. The SMILES string of the molecule is COC(=O)C(C(C)=NC(C)C1CCC(F)(F)CC1)c1ccccc1Br. The Morgan fingerprint density at radius 2 is 1.92 bits per heavy atom. The zero-order chi connectivity index (χ0) is 18.6. The number of carbonyl (C=O) groups excluding carboxylic acids is 1. The van der Waals surface area contributed by atoms with Gasteiger partial charge in [-0.05, 0) is 44.2 Å². The van der Waals surface area contributed by atoms with Crippen molar-refractivity contribution in [2.24, 2.45) is 10.9 Å². The lowest BCUT2D eigenvalue weighted by atomic mass is 9.82. The molecule has 2 unspecified atom stereocenters. The highest BCUT2D eigenvalue weighted by Gasteiger charge is 2.37. The molecule has 1 aliphatic carbocycles. The van der Waals surface area contributed by atoms with Crippen LogP contribution in [-0.2, 0) is 9.53 Å². The van der Waals surface area contributed by atoms with Crippen molar-refractivity contribution in [3.8, 4) is 0 Å². The fourth-order valence-corrected chi connectivity index (χ4v) is 3.91. The van der Waals surface area contributed by atoms with E-state index in [-0.39, 0.29) is 30.8 Å². The summed E-state index contributed by atoms with van der Waals surface area (Å²) in [5, 5.41) is 0. The number of aliphatic imine (C=N–C) groups is 1. The van der Waals surface area contributed by atoms with E-state index in [1.54, 1.807) is 6.92 Å². The third-order valence-corrected chi connectivity index (χ3v) is 5.64. The number of hydrogen-bond acceptors (Lipinski definition) is 3. The lowest BCUT2D eigenvalue weighted by molar-refractivity contribution is -0.140. The van der Waals surface area contributed by atoms with Gasteiger partial charge in [-0.3, -0.25) is 9.79 Å². The minimum Gasteiger partial charge on any atom is -0.468 e. The molecule has 2 rings (SSSR count). The molecule has 1 fully saturated rings. The van der Waals surface area contributed by atoms with Crippen LogP contribution in [0.25, 0.3) is 0 Å². The summed E-state index contributed by atoms with van der Waals surface area (Å²) in [6.07, 6.45) is 0.758. The maximum Gasteiger partial charge on any atom is 0.318 e. The standard InChI is InChI=1S/C19H24BrF2NO2/c1-12(14-8-10-19(21,22)11-9-14)23-13(2)17(18(24)25-3)15-6-4-5-7-16(15)20/h4-7,12,14,17H,8-11H2,1-3H3. The summed E-state index contributed by atoms with van der Waals surface area (Å²) in [7, 11) is 1.35. The number of hydrogen-bond donors (Lipinski definition) is 0. The van der Waals surface area contributed by atoms with Gasteiger partial charge in [-0.15, -0.1) is 0 Å². The van der Waals surface area contributed by atoms with Crippen LogP contribution in [-0.4, -0.2) is 30.8 Å². The minimum absolute atomic E-state index is 0.0821. The Hall–Kier alpha value is -1.30. The van der Waals surface area contributed by atoms with Gasteiger partial charge in [-0.25, -0.2) is 8.78 Å². The molecule has 138 valence electrons. The molecule has 0 saturated heterocycles. The minimum atomic E-state index is -2.54. The van der Waals surface area contributed by atoms with Crippen LogP contribution in [0.15, 0.2) is 33.7 Å². The van der Waals surface area contributed by atoms with Gasteiger partial charge in [0.25, 0.3) is 0 Å². The van der Waals surface area contributed by atoms with E-state index in [1.165, 1.54) is 7.11 Å². The van der Waals surface area contributed by atoms with Gasteiger partial charge >= 0.3 is 5.97 Å². The molecule has 0 aromatic heterocycles. The zero-order valence-electron chi connectivity index (χ0n) is 14.8. The van der Waals surface area contributed by atoms with Gasteiger partial charge in [0.1, 0.15) is 5.92 Å². The van der Waals surface area contributed by atoms with E-state index in [2.05, 4.69) is 20.9 Å². The summed E-state index contributed by atoms with van der Waals surface area (Å²) in [6.45, 7) is 3.74. The molecular weight excluding hydrogens is 392 g/mol. The van der Waals surface area contributed by atoms with E-state index in [0.717, 1.165) is 10.0 Å². The van der Waals surface area contributed by atoms with E-state index >= 15 is 0 Å². The molecule has 2 atom stereocenters. The molecule has 1 aromatic carbocycles. The maximum atomic E-state index is 13.3. The summed E-state index contributed by atoms with van der Waals surface area (Å²) in [4.78, 5) is 17.0. The van der Waals surface area contributed by atoms with Crippen molar-refractivity contribution in [1.82, 2.24) is 0 Å². The molecule has 1 saturated carbocycles. The maximum absolute atomic E-state index is 13.3. The molecule has 0 radical (unpaired) electrons. The quantitative estimate of drug-likeness (QED) is 0.478. The average Bonchev–Trinajstić information content (AvgIpc) is 2.56. The number of rotatable bonds is 5. The Labute approximate surface area is 156 Å². The number of alkyl halides is 2. The van der Waals surface area contributed by atoms with Crippen LogP contribution < -0.4 is 0 Å². The summed E-state index contributed by atoms with van der Waals surface area (Å²) < 4.78 is 32.5. The topological polar surface area (TPSA) is 38.7 Å². The Morgan fingerprint density at radius 3 is 2.48 bits per heavy atom. The third-order valence-electron chi connectivity index (χ3n) is 4.92. The van der Waals surface area contributed by atoms with E-state index < -0.39 is 11.8 Å². The van der Waals surface area contributed by atoms with Gasteiger partial charge in [-0.1, -0.05) is 34.1 Å². The smallest absolute Gasteiger partial charge is 0.318 e. The van der Waals surface area contributed by atoms with Crippen LogP contribution >= 0.6 is 15.9 Å². The number of methoxy groups -OCH3 is 1. The Bertz CT molecular complexity index is 638. The van der Waals surface area contributed by atoms with Crippen molar-refractivity contribution in [1.29, 1.82) is 0 Å². The second-order valence-corrected chi connectivity index (χ2v) is 7.54. The number of benzene rings is 1. The molecule has 3 nitrogen and oxygen atoms in total. The molecule has 0 heterocycles. The predicted octanol–water partition coefficient (Wildman–Crippen LogP) is 5.38. The van der Waals surface area contributed by atoms with Gasteiger partial charge in [0.05, 0.1) is 7.11 Å². The fourth-order valence-electron chi connectivity index (χ4n) is 3.40. The number of nitrogens with zero attached hydrogens (tertiary/aromatic N) is 1. The Morgan fingerprint density at radius 1 is 1.32 bits per heavy atom. The highest BCUT2D eigenvalue weighted by molar-refractivity contribution is 9.10. The van der Waals surface area contributed by atoms with Crippen molar-refractivity contribution in [2.45, 2.75) is 57.4 Å². The molecular formula is C19H24BrF2NO2. The van der Waals surface area contributed by atoms with Crippen LogP contribution in [0.1, 0.15) is 51.0 Å². The van der Waals surface area contributed by atoms with Gasteiger partial charge in [-0.2, -0.15) is 0 Å². The molecule has 1 aliphatic rings. The average molecular weight is 416 g/mol. The van der Waals surface area contributed by atoms with Gasteiger partial charge < -0.3 is 4.74 Å². The second-order valence-electron chi connectivity index (χ2n) is 6.68. The molecule has 25 heavy (non-hydrogen) atoms. The third kappa shape index (κ3) is 5.09. The highest BCUT2D eigenvalue weighted by atomic mass is 79.9. The largest absolute Gasteiger partial charge is 0.468 e. The van der Waals surface area contributed by atoms with Crippen LogP contribution in [0.4, 0.5) is 8.78 Å². The molecule has 1 aromatic rings. The van der Waals surface area contributed by atoms with E-state index in [9.17, 15) is 13.6 Å². The Kier molecular flexibility index (Phi) is 6.72. The molecule has 0 aliphatic heterocycles. The van der Waals surface area contributed by atoms with Crippen molar-refractivity contribution in [3.05, 3.63) is 34.3 Å². The first-order valence-electron chi connectivity index (χ1n) is 8.49. The van der Waals surface area contributed by atoms with Gasteiger partial charge in [0.15, 0.2) is 0 Å². The molecule has 0 bridgehead atoms. The first kappa shape index (κ1) is 20.0. The Balaban J connectivity index is 2.21. The number of esters is 1. The number of carbonyl (C=O) groups is 1. The van der Waals surface area contributed by atoms with E-state index in [0.29, 0.717) is 18.6 Å². The first-order chi connectivity index (χ1) is 11.7. The van der Waals surface area contributed by atoms with E-state index in [4.69, 9.17) is 4.74 Å². The fraction of sp³-hybridized carbons (Fsp3) is 0.579. The molecule has 0 spiro atoms. The van der Waals surface area contributed by atoms with Crippen LogP contribution in [0.3, 0.4) is 0 Å². The van der Waals surface area contributed by atoms with Gasteiger partial charge in [0.2, 0.25) is 5.92 Å². The normalized spacial score (nSPS) is 20.8. The van der Waals surface area contributed by atoms with Crippen molar-refractivity contribution < 1.29 is 18.3 Å². The summed E-state index contributed by atoms with van der Waals surface area (Å²) in [5.74, 6) is -3.41. The zero-order valence-corrected chi connectivity index (χ0v) is 16.4. The highest BCUT2D eigenvalue weighted by Crippen LogP contribution is 2.38. The van der Waals surface area contributed by atoms with Crippen LogP contribution in [0, 0.1) is 5.92 Å². The van der Waals surface area contributed by atoms with Crippen LogP contribution in [0.2, 0.25) is 0 Å². The van der Waals surface area contributed by atoms with Crippen molar-refractivity contribution in [2.75, 3.05) is 7.11 Å². The number of halogens is 3. The van der Waals surface area contributed by atoms with Gasteiger partial charge in [0, 0.05) is 29.1 Å². The molecule has 0 N–H and O–H groups in total. The van der Waals surface area contributed by atoms with Crippen LogP contribution in [0.5, 0.6) is 0 Å². The predicted molar refractivity (Wildman–Crippen MR) is 98.4 cm³/mol. The van der Waals surface area contributed by atoms with Crippen molar-refractivity contribution in [3.63, 3.8) is 0 Å². The summed E-state index contributed by atoms with van der Waals surface area (Å²) in [5.41, 5.74) is 1.43. The molecule has 6 heteroatoms. The summed E-state index contributed by atoms with van der Waals surface area (Å²) >= 11 is 3.47. The monoisotopic (exact) mass is 415 g/mol. The first-order valence-corrected chi connectivity index (χ1v) is 9.29. The van der Waals surface area contributed by atoms with Crippen molar-refractivity contribution >= 4 is 27.6 Å².